The Bertz CT molecular complexity index is 492. The van der Waals surface area contributed by atoms with Crippen LogP contribution in [0.3, 0.4) is 0 Å². The maximum atomic E-state index is 9.57. The highest BCUT2D eigenvalue weighted by Crippen LogP contribution is 2.29. The highest BCUT2D eigenvalue weighted by Gasteiger charge is 2.18. The van der Waals surface area contributed by atoms with Crippen LogP contribution in [-0.4, -0.2) is 20.2 Å². The van der Waals surface area contributed by atoms with Crippen LogP contribution in [0.15, 0.2) is 4.52 Å². The molecule has 16 heavy (non-hydrogen) atoms. The average Bonchev–Trinajstić information content (AvgIpc) is 2.83. The first-order valence-corrected chi connectivity index (χ1v) is 5.89. The quantitative estimate of drug-likeness (QED) is 0.889. The van der Waals surface area contributed by atoms with Crippen molar-refractivity contribution in [1.29, 1.82) is 0 Å². The summed E-state index contributed by atoms with van der Waals surface area (Å²) in [5.41, 5.74) is 0.878. The lowest BCUT2D eigenvalue weighted by molar-refractivity contribution is 0.159. The number of aromatic nitrogens is 3. The third-order valence-corrected chi connectivity index (χ3v) is 3.29. The van der Waals surface area contributed by atoms with Gasteiger partial charge in [0.2, 0.25) is 5.82 Å². The molecule has 0 radical (unpaired) electrons. The minimum Gasteiger partial charge on any atom is -0.385 e. The molecule has 0 aromatic carbocycles. The largest absolute Gasteiger partial charge is 0.385 e. The van der Waals surface area contributed by atoms with Gasteiger partial charge in [0.15, 0.2) is 0 Å². The van der Waals surface area contributed by atoms with Crippen LogP contribution < -0.4 is 0 Å². The van der Waals surface area contributed by atoms with Gasteiger partial charge in [0.1, 0.15) is 11.0 Å². The molecule has 0 aliphatic heterocycles. The van der Waals surface area contributed by atoms with Crippen LogP contribution in [0.25, 0.3) is 10.8 Å². The molecule has 1 atom stereocenters. The Kier molecular flexibility index (Phi) is 3.02. The molecule has 0 amide bonds. The SMILES string of the molecule is CCC(O)c1noc(-c2sc(C)nc2C)n1. The normalized spacial score (nSPS) is 13.0. The number of rotatable bonds is 3. The van der Waals surface area contributed by atoms with Gasteiger partial charge in [-0.15, -0.1) is 11.3 Å². The van der Waals surface area contributed by atoms with Crippen molar-refractivity contribution in [2.75, 3.05) is 0 Å². The number of thiazole rings is 1. The molecule has 0 bridgehead atoms. The fourth-order valence-electron chi connectivity index (χ4n) is 1.37. The number of nitrogens with zero attached hydrogens (tertiary/aromatic N) is 3. The van der Waals surface area contributed by atoms with Crippen LogP contribution in [0.4, 0.5) is 0 Å². The van der Waals surface area contributed by atoms with Crippen molar-refractivity contribution in [2.45, 2.75) is 33.3 Å². The van der Waals surface area contributed by atoms with Crippen LogP contribution in [0.5, 0.6) is 0 Å². The van der Waals surface area contributed by atoms with E-state index in [1.54, 1.807) is 0 Å². The molecule has 2 aromatic heterocycles. The number of aliphatic hydroxyl groups excluding tert-OH is 1. The summed E-state index contributed by atoms with van der Waals surface area (Å²) in [5.74, 6) is 0.772. The molecule has 2 aromatic rings. The van der Waals surface area contributed by atoms with E-state index in [1.165, 1.54) is 11.3 Å². The monoisotopic (exact) mass is 239 g/mol. The molecule has 0 fully saturated rings. The summed E-state index contributed by atoms with van der Waals surface area (Å²) in [7, 11) is 0. The van der Waals surface area contributed by atoms with Crippen molar-refractivity contribution < 1.29 is 9.63 Å². The lowest BCUT2D eigenvalue weighted by atomic mass is 10.3. The molecule has 0 spiro atoms. The zero-order chi connectivity index (χ0) is 11.7. The first kappa shape index (κ1) is 11.2. The van der Waals surface area contributed by atoms with Crippen molar-refractivity contribution in [2.24, 2.45) is 0 Å². The van der Waals surface area contributed by atoms with E-state index in [2.05, 4.69) is 15.1 Å². The van der Waals surface area contributed by atoms with Crippen molar-refractivity contribution in [1.82, 2.24) is 15.1 Å². The summed E-state index contributed by atoms with van der Waals surface area (Å²) in [5, 5.41) is 14.3. The summed E-state index contributed by atoms with van der Waals surface area (Å²) in [4.78, 5) is 9.33. The van der Waals surface area contributed by atoms with Crippen molar-refractivity contribution >= 4 is 11.3 Å². The number of aliphatic hydroxyl groups is 1. The minimum atomic E-state index is -0.660. The maximum Gasteiger partial charge on any atom is 0.270 e. The predicted molar refractivity (Wildman–Crippen MR) is 60.1 cm³/mol. The van der Waals surface area contributed by atoms with Gasteiger partial charge in [-0.3, -0.25) is 0 Å². The molecule has 0 saturated carbocycles. The van der Waals surface area contributed by atoms with Gasteiger partial charge in [0.25, 0.3) is 5.89 Å². The molecule has 2 heterocycles. The topological polar surface area (TPSA) is 72.0 Å². The zero-order valence-corrected chi connectivity index (χ0v) is 10.2. The van der Waals surface area contributed by atoms with Gasteiger partial charge < -0.3 is 9.63 Å². The lowest BCUT2D eigenvalue weighted by Crippen LogP contribution is -1.97. The fraction of sp³-hybridized carbons (Fsp3) is 0.500. The average molecular weight is 239 g/mol. The van der Waals surface area contributed by atoms with E-state index in [0.717, 1.165) is 15.6 Å². The van der Waals surface area contributed by atoms with Gasteiger partial charge in [-0.05, 0) is 20.3 Å². The summed E-state index contributed by atoms with van der Waals surface area (Å²) in [6.45, 7) is 5.70. The zero-order valence-electron chi connectivity index (χ0n) is 9.39. The third-order valence-electron chi connectivity index (χ3n) is 2.22. The second-order valence-corrected chi connectivity index (χ2v) is 4.73. The molecule has 6 heteroatoms. The standard InChI is InChI=1S/C10H13N3O2S/c1-4-7(14)9-12-10(15-13-9)8-5(2)11-6(3)16-8/h7,14H,4H2,1-3H3. The maximum absolute atomic E-state index is 9.57. The minimum absolute atomic E-state index is 0.336. The van der Waals surface area contributed by atoms with Crippen molar-refractivity contribution in [3.8, 4) is 10.8 Å². The molecule has 5 nitrogen and oxygen atoms in total. The second-order valence-electron chi connectivity index (χ2n) is 3.53. The van der Waals surface area contributed by atoms with E-state index in [9.17, 15) is 5.11 Å². The van der Waals surface area contributed by atoms with Crippen LogP contribution in [0.2, 0.25) is 0 Å². The van der Waals surface area contributed by atoms with Crippen molar-refractivity contribution in [3.05, 3.63) is 16.5 Å². The van der Waals surface area contributed by atoms with Gasteiger partial charge in [-0.2, -0.15) is 4.98 Å². The summed E-state index contributed by atoms with van der Waals surface area (Å²) in [6, 6.07) is 0. The third kappa shape index (κ3) is 1.98. The fourth-order valence-corrected chi connectivity index (χ4v) is 2.22. The highest BCUT2D eigenvalue weighted by atomic mass is 32.1. The van der Waals surface area contributed by atoms with E-state index in [1.807, 2.05) is 20.8 Å². The molecule has 0 aliphatic carbocycles. The van der Waals surface area contributed by atoms with Gasteiger partial charge in [-0.1, -0.05) is 12.1 Å². The lowest BCUT2D eigenvalue weighted by Gasteiger charge is -1.97. The molecular formula is C10H13N3O2S. The molecular weight excluding hydrogens is 226 g/mol. The van der Waals surface area contributed by atoms with Crippen LogP contribution >= 0.6 is 11.3 Å². The number of hydrogen-bond donors (Lipinski definition) is 1. The molecule has 86 valence electrons. The van der Waals surface area contributed by atoms with E-state index in [0.29, 0.717) is 18.1 Å². The van der Waals surface area contributed by atoms with Crippen molar-refractivity contribution in [3.63, 3.8) is 0 Å². The molecule has 2 rings (SSSR count). The van der Waals surface area contributed by atoms with E-state index < -0.39 is 6.10 Å². The Morgan fingerprint density at radius 2 is 2.12 bits per heavy atom. The molecule has 1 N–H and O–H groups in total. The Balaban J connectivity index is 2.35. The highest BCUT2D eigenvalue weighted by molar-refractivity contribution is 7.15. The Labute approximate surface area is 97.2 Å². The number of hydrogen-bond acceptors (Lipinski definition) is 6. The van der Waals surface area contributed by atoms with E-state index >= 15 is 0 Å². The molecule has 0 saturated heterocycles. The Morgan fingerprint density at radius 3 is 2.69 bits per heavy atom. The molecule has 1 unspecified atom stereocenters. The van der Waals surface area contributed by atoms with Crippen LogP contribution in [-0.2, 0) is 0 Å². The Morgan fingerprint density at radius 1 is 1.38 bits per heavy atom. The first-order valence-electron chi connectivity index (χ1n) is 5.08. The van der Waals surface area contributed by atoms with Gasteiger partial charge >= 0.3 is 0 Å². The second kappa shape index (κ2) is 4.31. The Hall–Kier alpha value is -1.27. The predicted octanol–water partition coefficient (Wildman–Crippen LogP) is 2.25. The summed E-state index contributed by atoms with van der Waals surface area (Å²) in [6.07, 6.45) is -0.0912. The smallest absolute Gasteiger partial charge is 0.270 e. The van der Waals surface area contributed by atoms with E-state index in [4.69, 9.17) is 4.52 Å². The summed E-state index contributed by atoms with van der Waals surface area (Å²) >= 11 is 1.51. The van der Waals surface area contributed by atoms with Gasteiger partial charge in [0, 0.05) is 0 Å². The van der Waals surface area contributed by atoms with Crippen LogP contribution in [0, 0.1) is 13.8 Å². The molecule has 0 aliphatic rings. The van der Waals surface area contributed by atoms with E-state index in [-0.39, 0.29) is 0 Å². The van der Waals surface area contributed by atoms with Gasteiger partial charge in [-0.25, -0.2) is 4.98 Å². The van der Waals surface area contributed by atoms with Gasteiger partial charge in [0.05, 0.1) is 10.7 Å². The first-order chi connectivity index (χ1) is 7.61. The number of aryl methyl sites for hydroxylation is 2. The summed E-state index contributed by atoms with van der Waals surface area (Å²) < 4.78 is 5.12. The van der Waals surface area contributed by atoms with Crippen LogP contribution in [0.1, 0.15) is 36.0 Å².